The van der Waals surface area contributed by atoms with Crippen LogP contribution in [0.4, 0.5) is 0 Å². The largest absolute Gasteiger partial charge is 0.484 e. The number of ether oxygens (including phenoxy) is 1. The molecule has 4 nitrogen and oxygen atoms in total. The molecule has 21 heavy (non-hydrogen) atoms. The monoisotopic (exact) mass is 309 g/mol. The maximum Gasteiger partial charge on any atom is 0.260 e. The first kappa shape index (κ1) is 14.7. The second-order valence-electron chi connectivity index (χ2n) is 6.18. The van der Waals surface area contributed by atoms with Crippen molar-refractivity contribution in [2.75, 3.05) is 19.7 Å². The van der Waals surface area contributed by atoms with Crippen LogP contribution >= 0.6 is 11.6 Å². The van der Waals surface area contributed by atoms with Gasteiger partial charge in [0.2, 0.25) is 0 Å². The Hall–Kier alpha value is -1.26. The van der Waals surface area contributed by atoms with Gasteiger partial charge in [0.1, 0.15) is 5.75 Å². The minimum atomic E-state index is -0.698. The van der Waals surface area contributed by atoms with E-state index in [1.165, 1.54) is 0 Å². The van der Waals surface area contributed by atoms with E-state index in [0.717, 1.165) is 12.8 Å². The average molecular weight is 310 g/mol. The number of rotatable bonds is 4. The fraction of sp³-hybridized carbons (Fsp3) is 0.562. The highest BCUT2D eigenvalue weighted by molar-refractivity contribution is 6.30. The number of hydrogen-bond donors (Lipinski definition) is 1. The fourth-order valence-corrected chi connectivity index (χ4v) is 3.21. The average Bonchev–Trinajstić information content (AvgIpc) is 3.26. The van der Waals surface area contributed by atoms with Crippen LogP contribution in [0.25, 0.3) is 0 Å². The summed E-state index contributed by atoms with van der Waals surface area (Å²) in [5.74, 6) is 1.04. The second kappa shape index (κ2) is 5.50. The minimum absolute atomic E-state index is 0.00486. The molecule has 1 amide bonds. The number of aliphatic hydroxyl groups is 1. The summed E-state index contributed by atoms with van der Waals surface area (Å²) >= 11 is 5.80. The molecular formula is C16H20ClNO3. The summed E-state index contributed by atoms with van der Waals surface area (Å²) in [7, 11) is 0. The van der Waals surface area contributed by atoms with E-state index in [-0.39, 0.29) is 18.4 Å². The van der Waals surface area contributed by atoms with Crippen LogP contribution in [-0.2, 0) is 4.79 Å². The lowest BCUT2D eigenvalue weighted by Gasteiger charge is -2.26. The van der Waals surface area contributed by atoms with Crippen LogP contribution in [0.5, 0.6) is 5.75 Å². The molecule has 0 aromatic heterocycles. The third kappa shape index (κ3) is 3.01. The first-order valence-corrected chi connectivity index (χ1v) is 7.75. The van der Waals surface area contributed by atoms with Gasteiger partial charge in [0.05, 0.1) is 12.1 Å². The molecule has 114 valence electrons. The summed E-state index contributed by atoms with van der Waals surface area (Å²) in [6, 6.07) is 6.93. The number of carbonyl (C=O) groups excluding carboxylic acids is 1. The Kier molecular flexibility index (Phi) is 3.84. The van der Waals surface area contributed by atoms with Crippen LogP contribution < -0.4 is 4.74 Å². The van der Waals surface area contributed by atoms with E-state index < -0.39 is 5.60 Å². The molecule has 0 spiro atoms. The third-order valence-electron chi connectivity index (χ3n) is 4.60. The number of hydrogen-bond acceptors (Lipinski definition) is 3. The molecule has 1 heterocycles. The van der Waals surface area contributed by atoms with Crippen molar-refractivity contribution in [1.29, 1.82) is 0 Å². The molecule has 2 aliphatic rings. The van der Waals surface area contributed by atoms with Gasteiger partial charge in [0.25, 0.3) is 5.91 Å². The van der Waals surface area contributed by atoms with Gasteiger partial charge in [-0.3, -0.25) is 4.79 Å². The molecular weight excluding hydrogens is 290 g/mol. The zero-order valence-electron chi connectivity index (χ0n) is 12.1. The third-order valence-corrected chi connectivity index (χ3v) is 4.86. The van der Waals surface area contributed by atoms with Crippen LogP contribution in [0.15, 0.2) is 24.3 Å². The van der Waals surface area contributed by atoms with Crippen LogP contribution in [0.3, 0.4) is 0 Å². The number of halogens is 1. The second-order valence-corrected chi connectivity index (χ2v) is 6.62. The Labute approximate surface area is 129 Å². The van der Waals surface area contributed by atoms with Gasteiger partial charge < -0.3 is 14.7 Å². The van der Waals surface area contributed by atoms with Crippen molar-refractivity contribution in [2.45, 2.75) is 25.4 Å². The van der Waals surface area contributed by atoms with E-state index in [1.54, 1.807) is 29.2 Å². The molecule has 2 fully saturated rings. The van der Waals surface area contributed by atoms with Crippen LogP contribution in [0.1, 0.15) is 19.8 Å². The van der Waals surface area contributed by atoms with Gasteiger partial charge in [-0.15, -0.1) is 0 Å². The van der Waals surface area contributed by atoms with Gasteiger partial charge in [-0.1, -0.05) is 18.5 Å². The van der Waals surface area contributed by atoms with Crippen molar-refractivity contribution < 1.29 is 14.6 Å². The highest BCUT2D eigenvalue weighted by Gasteiger charge is 2.53. The van der Waals surface area contributed by atoms with Crippen molar-refractivity contribution in [3.63, 3.8) is 0 Å². The molecule has 1 saturated carbocycles. The zero-order valence-corrected chi connectivity index (χ0v) is 12.8. The van der Waals surface area contributed by atoms with E-state index in [2.05, 4.69) is 0 Å². The lowest BCUT2D eigenvalue weighted by atomic mass is 9.88. The Bertz CT molecular complexity index is 529. The highest BCUT2D eigenvalue weighted by atomic mass is 35.5. The van der Waals surface area contributed by atoms with E-state index in [4.69, 9.17) is 16.3 Å². The molecule has 5 heteroatoms. The minimum Gasteiger partial charge on any atom is -0.484 e. The fourth-order valence-electron chi connectivity index (χ4n) is 3.09. The van der Waals surface area contributed by atoms with E-state index >= 15 is 0 Å². The molecule has 0 bridgehead atoms. The van der Waals surface area contributed by atoms with Gasteiger partial charge in [0.15, 0.2) is 6.61 Å². The molecule has 3 rings (SSSR count). The van der Waals surface area contributed by atoms with Crippen molar-refractivity contribution >= 4 is 17.5 Å². The van der Waals surface area contributed by atoms with Crippen molar-refractivity contribution in [2.24, 2.45) is 11.8 Å². The molecule has 1 saturated heterocycles. The molecule has 2 atom stereocenters. The summed E-state index contributed by atoms with van der Waals surface area (Å²) in [6.45, 7) is 3.05. The molecule has 0 radical (unpaired) electrons. The molecule has 1 aromatic carbocycles. The maximum atomic E-state index is 12.2. The Morgan fingerprint density at radius 3 is 2.71 bits per heavy atom. The first-order chi connectivity index (χ1) is 9.99. The molecule has 1 aromatic rings. The number of likely N-dealkylation sites (tertiary alicyclic amines) is 1. The Balaban J connectivity index is 1.55. The molecule has 1 N–H and O–H groups in total. The van der Waals surface area contributed by atoms with Crippen molar-refractivity contribution in [1.82, 2.24) is 4.90 Å². The number of amides is 1. The number of β-amino-alcohol motifs (C(OH)–C–C–N with tert-alkyl or cyclic N) is 1. The van der Waals surface area contributed by atoms with E-state index in [1.807, 2.05) is 6.92 Å². The Morgan fingerprint density at radius 1 is 1.43 bits per heavy atom. The van der Waals surface area contributed by atoms with E-state index in [9.17, 15) is 9.90 Å². The van der Waals surface area contributed by atoms with Crippen molar-refractivity contribution in [3.05, 3.63) is 29.3 Å². The van der Waals surface area contributed by atoms with Gasteiger partial charge in [0, 0.05) is 17.5 Å². The SMILES string of the molecule is C[C@@H]1CN(C(=O)COc2ccc(Cl)cc2)C[C@@]1(O)C1CC1. The predicted octanol–water partition coefficient (Wildman–Crippen LogP) is 2.34. The summed E-state index contributed by atoms with van der Waals surface area (Å²) in [5.41, 5.74) is -0.698. The van der Waals surface area contributed by atoms with E-state index in [0.29, 0.717) is 29.8 Å². The predicted molar refractivity (Wildman–Crippen MR) is 80.4 cm³/mol. The smallest absolute Gasteiger partial charge is 0.260 e. The summed E-state index contributed by atoms with van der Waals surface area (Å²) in [5, 5.41) is 11.3. The number of benzene rings is 1. The molecule has 1 aliphatic heterocycles. The normalized spacial score (nSPS) is 28.7. The van der Waals surface area contributed by atoms with Crippen molar-refractivity contribution in [3.8, 4) is 5.75 Å². The molecule has 0 unspecified atom stereocenters. The topological polar surface area (TPSA) is 49.8 Å². The molecule has 1 aliphatic carbocycles. The standard InChI is InChI=1S/C16H20ClNO3/c1-11-8-18(10-16(11,20)12-2-3-12)15(19)9-21-14-6-4-13(17)5-7-14/h4-7,11-12,20H,2-3,8-10H2,1H3/t11-,16+/m1/s1. The van der Waals surface area contributed by atoms with Gasteiger partial charge in [-0.05, 0) is 43.0 Å². The number of carbonyl (C=O) groups is 1. The lowest BCUT2D eigenvalue weighted by Crippen LogP contribution is -2.41. The summed E-state index contributed by atoms with van der Waals surface area (Å²) in [4.78, 5) is 13.9. The van der Waals surface area contributed by atoms with Gasteiger partial charge >= 0.3 is 0 Å². The number of nitrogens with zero attached hydrogens (tertiary/aromatic N) is 1. The van der Waals surface area contributed by atoms with Gasteiger partial charge in [-0.2, -0.15) is 0 Å². The van der Waals surface area contributed by atoms with Crippen LogP contribution in [0, 0.1) is 11.8 Å². The van der Waals surface area contributed by atoms with Gasteiger partial charge in [-0.25, -0.2) is 0 Å². The highest BCUT2D eigenvalue weighted by Crippen LogP contribution is 2.46. The zero-order chi connectivity index (χ0) is 15.0. The van der Waals surface area contributed by atoms with Crippen LogP contribution in [-0.4, -0.2) is 41.2 Å². The Morgan fingerprint density at radius 2 is 2.10 bits per heavy atom. The quantitative estimate of drug-likeness (QED) is 0.929. The lowest BCUT2D eigenvalue weighted by molar-refractivity contribution is -0.133. The first-order valence-electron chi connectivity index (χ1n) is 7.37. The van der Waals surface area contributed by atoms with Crippen LogP contribution in [0.2, 0.25) is 5.02 Å². The summed E-state index contributed by atoms with van der Waals surface area (Å²) < 4.78 is 5.48. The summed E-state index contributed by atoms with van der Waals surface area (Å²) in [6.07, 6.45) is 2.15. The maximum absolute atomic E-state index is 12.2.